The Morgan fingerprint density at radius 2 is 1.88 bits per heavy atom. The van der Waals surface area contributed by atoms with Gasteiger partial charge in [0, 0.05) is 11.8 Å². The van der Waals surface area contributed by atoms with Crippen molar-refractivity contribution in [1.82, 2.24) is 0 Å². The highest BCUT2D eigenvalue weighted by atomic mass is 32.2. The molecular formula is C13H19NO2S. The summed E-state index contributed by atoms with van der Waals surface area (Å²) in [5.41, 5.74) is 8.33. The average molecular weight is 253 g/mol. The molecule has 0 spiro atoms. The number of rotatable bonds is 2. The molecule has 0 saturated carbocycles. The van der Waals surface area contributed by atoms with Gasteiger partial charge in [-0.1, -0.05) is 38.1 Å². The molecule has 3 unspecified atom stereocenters. The number of fused-ring (bicyclic) bond motifs is 1. The van der Waals surface area contributed by atoms with Gasteiger partial charge >= 0.3 is 0 Å². The van der Waals surface area contributed by atoms with Crippen LogP contribution in [0.15, 0.2) is 24.3 Å². The lowest BCUT2D eigenvalue weighted by molar-refractivity contribution is 0.488. The SMILES string of the molecule is CCS(=O)(=O)C1CC(C)c2ccccc2C1N. The predicted octanol–water partition coefficient (Wildman–Crippen LogP) is 2.00. The maximum Gasteiger partial charge on any atom is 0.154 e. The maximum atomic E-state index is 12.0. The van der Waals surface area contributed by atoms with E-state index in [1.807, 2.05) is 18.2 Å². The first-order chi connectivity index (χ1) is 7.97. The molecular weight excluding hydrogens is 234 g/mol. The van der Waals surface area contributed by atoms with Gasteiger partial charge in [-0.2, -0.15) is 0 Å². The van der Waals surface area contributed by atoms with E-state index in [4.69, 9.17) is 5.73 Å². The zero-order valence-corrected chi connectivity index (χ0v) is 11.1. The summed E-state index contributed by atoms with van der Waals surface area (Å²) < 4.78 is 24.1. The monoisotopic (exact) mass is 253 g/mol. The lowest BCUT2D eigenvalue weighted by Crippen LogP contribution is -2.39. The fourth-order valence-corrected chi connectivity index (χ4v) is 4.27. The molecule has 94 valence electrons. The van der Waals surface area contributed by atoms with Gasteiger partial charge in [-0.3, -0.25) is 0 Å². The molecule has 0 bridgehead atoms. The summed E-state index contributed by atoms with van der Waals surface area (Å²) in [4.78, 5) is 0. The Balaban J connectivity index is 2.46. The summed E-state index contributed by atoms with van der Waals surface area (Å²) in [5, 5.41) is -0.433. The third-order valence-electron chi connectivity index (χ3n) is 3.74. The molecule has 0 amide bonds. The number of hydrogen-bond donors (Lipinski definition) is 1. The van der Waals surface area contributed by atoms with Crippen LogP contribution in [0.5, 0.6) is 0 Å². The third-order valence-corrected chi connectivity index (χ3v) is 5.95. The van der Waals surface area contributed by atoms with Gasteiger partial charge in [0.15, 0.2) is 9.84 Å². The first-order valence-corrected chi connectivity index (χ1v) is 7.75. The standard InChI is InChI=1S/C13H19NO2S/c1-3-17(15,16)12-8-9(2)10-6-4-5-7-11(10)13(12)14/h4-7,9,12-13H,3,8,14H2,1-2H3. The van der Waals surface area contributed by atoms with E-state index in [9.17, 15) is 8.42 Å². The van der Waals surface area contributed by atoms with Gasteiger partial charge in [-0.05, 0) is 23.5 Å². The second kappa shape index (κ2) is 4.42. The Hall–Kier alpha value is -0.870. The zero-order valence-electron chi connectivity index (χ0n) is 10.3. The Morgan fingerprint density at radius 3 is 2.47 bits per heavy atom. The van der Waals surface area contributed by atoms with E-state index < -0.39 is 15.1 Å². The summed E-state index contributed by atoms with van der Waals surface area (Å²) in [6.45, 7) is 3.76. The van der Waals surface area contributed by atoms with Crippen LogP contribution >= 0.6 is 0 Å². The van der Waals surface area contributed by atoms with Gasteiger partial charge in [0.25, 0.3) is 0 Å². The smallest absolute Gasteiger partial charge is 0.154 e. The van der Waals surface area contributed by atoms with Crippen molar-refractivity contribution < 1.29 is 8.42 Å². The van der Waals surface area contributed by atoms with Crippen LogP contribution < -0.4 is 5.73 Å². The normalized spacial score (nSPS) is 28.8. The minimum Gasteiger partial charge on any atom is -0.323 e. The number of sulfone groups is 1. The van der Waals surface area contributed by atoms with Crippen molar-refractivity contribution in [2.24, 2.45) is 5.73 Å². The summed E-state index contributed by atoms with van der Waals surface area (Å²) in [7, 11) is -3.07. The minimum atomic E-state index is -3.07. The molecule has 2 rings (SSSR count). The van der Waals surface area contributed by atoms with E-state index in [-0.39, 0.29) is 17.7 Å². The molecule has 0 radical (unpaired) electrons. The number of nitrogens with two attached hydrogens (primary N) is 1. The third kappa shape index (κ3) is 2.11. The van der Waals surface area contributed by atoms with Crippen molar-refractivity contribution >= 4 is 9.84 Å². The molecule has 0 aromatic heterocycles. The van der Waals surface area contributed by atoms with Gasteiger partial charge in [-0.25, -0.2) is 8.42 Å². The second-order valence-corrected chi connectivity index (χ2v) is 7.29. The van der Waals surface area contributed by atoms with E-state index in [1.54, 1.807) is 6.92 Å². The maximum absolute atomic E-state index is 12.0. The molecule has 1 aliphatic rings. The quantitative estimate of drug-likeness (QED) is 0.877. The highest BCUT2D eigenvalue weighted by molar-refractivity contribution is 7.92. The van der Waals surface area contributed by atoms with Crippen molar-refractivity contribution in [3.63, 3.8) is 0 Å². The summed E-state index contributed by atoms with van der Waals surface area (Å²) in [6.07, 6.45) is 0.633. The van der Waals surface area contributed by atoms with Crippen molar-refractivity contribution in [2.75, 3.05) is 5.75 Å². The predicted molar refractivity (Wildman–Crippen MR) is 69.7 cm³/mol. The molecule has 3 nitrogen and oxygen atoms in total. The summed E-state index contributed by atoms with van der Waals surface area (Å²) in [6, 6.07) is 7.53. The lowest BCUT2D eigenvalue weighted by atomic mass is 9.81. The van der Waals surface area contributed by atoms with Gasteiger partial charge in [-0.15, -0.1) is 0 Å². The molecule has 0 aliphatic heterocycles. The molecule has 4 heteroatoms. The van der Waals surface area contributed by atoms with Gasteiger partial charge in [0.05, 0.1) is 5.25 Å². The van der Waals surface area contributed by atoms with Crippen LogP contribution in [0.25, 0.3) is 0 Å². The summed E-state index contributed by atoms with van der Waals surface area (Å²) in [5.74, 6) is 0.428. The van der Waals surface area contributed by atoms with Gasteiger partial charge < -0.3 is 5.73 Å². The van der Waals surface area contributed by atoms with Crippen LogP contribution in [0.4, 0.5) is 0 Å². The van der Waals surface area contributed by atoms with Crippen LogP contribution in [0.1, 0.15) is 43.4 Å². The van der Waals surface area contributed by atoms with Crippen LogP contribution in [-0.4, -0.2) is 19.4 Å². The van der Waals surface area contributed by atoms with E-state index >= 15 is 0 Å². The van der Waals surface area contributed by atoms with Crippen LogP contribution in [0, 0.1) is 0 Å². The Labute approximate surface area is 103 Å². The first kappa shape index (κ1) is 12.6. The van der Waals surface area contributed by atoms with Crippen molar-refractivity contribution in [3.8, 4) is 0 Å². The largest absolute Gasteiger partial charge is 0.323 e. The van der Waals surface area contributed by atoms with Crippen LogP contribution in [-0.2, 0) is 9.84 Å². The molecule has 0 fully saturated rings. The van der Waals surface area contributed by atoms with E-state index in [0.29, 0.717) is 6.42 Å². The van der Waals surface area contributed by atoms with Crippen molar-refractivity contribution in [3.05, 3.63) is 35.4 Å². The summed E-state index contributed by atoms with van der Waals surface area (Å²) >= 11 is 0. The van der Waals surface area contributed by atoms with Gasteiger partial charge in [0.1, 0.15) is 0 Å². The average Bonchev–Trinajstić information content (AvgIpc) is 2.33. The topological polar surface area (TPSA) is 60.2 Å². The Bertz CT molecular complexity index is 510. The molecule has 2 N–H and O–H groups in total. The molecule has 17 heavy (non-hydrogen) atoms. The van der Waals surface area contributed by atoms with Crippen molar-refractivity contribution in [2.45, 2.75) is 37.5 Å². The molecule has 1 aromatic carbocycles. The highest BCUT2D eigenvalue weighted by Crippen LogP contribution is 2.39. The molecule has 0 heterocycles. The molecule has 3 atom stereocenters. The van der Waals surface area contributed by atoms with Crippen LogP contribution in [0.3, 0.4) is 0 Å². The van der Waals surface area contributed by atoms with E-state index in [2.05, 4.69) is 13.0 Å². The first-order valence-electron chi connectivity index (χ1n) is 6.03. The highest BCUT2D eigenvalue weighted by Gasteiger charge is 2.37. The molecule has 1 aromatic rings. The van der Waals surface area contributed by atoms with Crippen molar-refractivity contribution in [1.29, 1.82) is 0 Å². The lowest BCUT2D eigenvalue weighted by Gasteiger charge is -2.34. The molecule has 0 saturated heterocycles. The Kier molecular flexibility index (Phi) is 3.27. The van der Waals surface area contributed by atoms with Gasteiger partial charge in [0.2, 0.25) is 0 Å². The number of hydrogen-bond acceptors (Lipinski definition) is 3. The fraction of sp³-hybridized carbons (Fsp3) is 0.538. The minimum absolute atomic E-state index is 0.167. The fourth-order valence-electron chi connectivity index (χ4n) is 2.67. The zero-order chi connectivity index (χ0) is 12.6. The molecule has 1 aliphatic carbocycles. The number of benzene rings is 1. The Morgan fingerprint density at radius 1 is 1.29 bits per heavy atom. The van der Waals surface area contributed by atoms with Crippen LogP contribution in [0.2, 0.25) is 0 Å². The second-order valence-electron chi connectivity index (χ2n) is 4.78. The van der Waals surface area contributed by atoms with E-state index in [0.717, 1.165) is 5.56 Å². The van der Waals surface area contributed by atoms with E-state index in [1.165, 1.54) is 5.56 Å².